The minimum atomic E-state index is -2.34. The molecule has 0 radical (unpaired) electrons. The average Bonchev–Trinajstić information content (AvgIpc) is 2.48. The van der Waals surface area contributed by atoms with Crippen LogP contribution in [0.1, 0.15) is 39.1 Å². The number of likely N-dealkylation sites (tertiary alicyclic amines) is 1. The van der Waals surface area contributed by atoms with Crippen molar-refractivity contribution < 1.29 is 23.5 Å². The number of hydrogen-bond donors (Lipinski definition) is 2. The molecule has 2 N–H and O–H groups in total. The number of carboxylic acid groups (broad SMARTS) is 1. The summed E-state index contributed by atoms with van der Waals surface area (Å²) in [6.07, 6.45) is -1.08. The second-order valence-corrected chi connectivity index (χ2v) is 5.77. The molecular formula is C16H20F2N2O3. The van der Waals surface area contributed by atoms with E-state index in [1.54, 1.807) is 11.8 Å². The number of halogens is 2. The van der Waals surface area contributed by atoms with Gasteiger partial charge >= 0.3 is 5.97 Å². The zero-order chi connectivity index (χ0) is 17.0. The molecule has 126 valence electrons. The maximum Gasteiger partial charge on any atom is 0.335 e. The van der Waals surface area contributed by atoms with Gasteiger partial charge in [-0.25, -0.2) is 13.6 Å². The molecule has 0 bridgehead atoms. The van der Waals surface area contributed by atoms with Crippen LogP contribution in [0.25, 0.3) is 0 Å². The molecule has 1 aromatic carbocycles. The number of benzene rings is 1. The molecule has 0 spiro atoms. The molecule has 23 heavy (non-hydrogen) atoms. The number of hydrogen-bond acceptors (Lipinski definition) is 3. The van der Waals surface area contributed by atoms with E-state index in [-0.39, 0.29) is 24.1 Å². The Morgan fingerprint density at radius 3 is 2.52 bits per heavy atom. The van der Waals surface area contributed by atoms with Crippen LogP contribution in [0.4, 0.5) is 8.78 Å². The van der Waals surface area contributed by atoms with Crippen molar-refractivity contribution in [3.63, 3.8) is 0 Å². The summed E-state index contributed by atoms with van der Waals surface area (Å²) in [7, 11) is 0. The number of nitrogens with one attached hydrogen (secondary N) is 1. The number of carbonyl (C=O) groups excluding carboxylic acids is 1. The molecule has 1 amide bonds. The summed E-state index contributed by atoms with van der Waals surface area (Å²) in [5, 5.41) is 11.8. The Labute approximate surface area is 133 Å². The number of amides is 1. The van der Waals surface area contributed by atoms with Crippen molar-refractivity contribution in [2.24, 2.45) is 0 Å². The first-order valence-electron chi connectivity index (χ1n) is 7.52. The van der Waals surface area contributed by atoms with Crippen LogP contribution in [0.2, 0.25) is 0 Å². The van der Waals surface area contributed by atoms with Crippen LogP contribution in [0.5, 0.6) is 0 Å². The van der Waals surface area contributed by atoms with Crippen LogP contribution in [0.15, 0.2) is 18.2 Å². The standard InChI is InChI=1S/C16H20F2N2O3/c1-10-8-11(16(22)23)2-3-13(10)15(21)19-12-4-6-20(7-5-12)9-14(17)18/h2-3,8,12,14H,4-7,9H2,1H3,(H,19,21)(H,22,23). The Bertz CT molecular complexity index is 585. The molecule has 1 aliphatic heterocycles. The summed E-state index contributed by atoms with van der Waals surface area (Å²) in [6.45, 7) is 2.53. The molecule has 1 fully saturated rings. The fourth-order valence-electron chi connectivity index (χ4n) is 2.77. The van der Waals surface area contributed by atoms with E-state index in [1.807, 2.05) is 0 Å². The van der Waals surface area contributed by atoms with E-state index < -0.39 is 12.4 Å². The molecule has 0 atom stereocenters. The van der Waals surface area contributed by atoms with Gasteiger partial charge < -0.3 is 10.4 Å². The number of carbonyl (C=O) groups is 2. The largest absolute Gasteiger partial charge is 0.478 e. The molecule has 1 aromatic rings. The molecule has 5 nitrogen and oxygen atoms in total. The van der Waals surface area contributed by atoms with Crippen LogP contribution in [0, 0.1) is 6.92 Å². The van der Waals surface area contributed by atoms with Gasteiger partial charge in [0.1, 0.15) is 0 Å². The first-order chi connectivity index (χ1) is 10.9. The molecule has 1 saturated heterocycles. The van der Waals surface area contributed by atoms with Gasteiger partial charge in [-0.15, -0.1) is 0 Å². The summed E-state index contributed by atoms with van der Waals surface area (Å²) < 4.78 is 24.7. The van der Waals surface area contributed by atoms with Crippen LogP contribution in [-0.2, 0) is 0 Å². The minimum absolute atomic E-state index is 0.0463. The van der Waals surface area contributed by atoms with Gasteiger partial charge in [0, 0.05) is 24.7 Å². The van der Waals surface area contributed by atoms with Crippen molar-refractivity contribution in [1.29, 1.82) is 0 Å². The molecule has 1 heterocycles. The zero-order valence-electron chi connectivity index (χ0n) is 12.9. The van der Waals surface area contributed by atoms with E-state index >= 15 is 0 Å². The Morgan fingerprint density at radius 1 is 1.35 bits per heavy atom. The lowest BCUT2D eigenvalue weighted by molar-refractivity contribution is 0.0694. The Morgan fingerprint density at radius 2 is 2.00 bits per heavy atom. The van der Waals surface area contributed by atoms with Crippen molar-refractivity contribution in [3.8, 4) is 0 Å². The van der Waals surface area contributed by atoms with Crippen molar-refractivity contribution in [3.05, 3.63) is 34.9 Å². The predicted octanol–water partition coefficient (Wildman–Crippen LogP) is 2.15. The zero-order valence-corrected chi connectivity index (χ0v) is 12.9. The number of piperidine rings is 1. The normalized spacial score (nSPS) is 16.5. The maximum atomic E-state index is 12.3. The van der Waals surface area contributed by atoms with E-state index in [0.717, 1.165) is 0 Å². The van der Waals surface area contributed by atoms with E-state index in [1.165, 1.54) is 18.2 Å². The lowest BCUT2D eigenvalue weighted by Gasteiger charge is -2.32. The van der Waals surface area contributed by atoms with Gasteiger partial charge in [0.15, 0.2) is 0 Å². The van der Waals surface area contributed by atoms with Gasteiger partial charge in [-0.3, -0.25) is 9.69 Å². The third-order valence-corrected chi connectivity index (χ3v) is 4.04. The highest BCUT2D eigenvalue weighted by atomic mass is 19.3. The molecule has 7 heteroatoms. The van der Waals surface area contributed by atoms with Gasteiger partial charge in [0.25, 0.3) is 12.3 Å². The first-order valence-corrected chi connectivity index (χ1v) is 7.52. The fraction of sp³-hybridized carbons (Fsp3) is 0.500. The van der Waals surface area contributed by atoms with Gasteiger partial charge in [-0.2, -0.15) is 0 Å². The van der Waals surface area contributed by atoms with E-state index in [9.17, 15) is 18.4 Å². The van der Waals surface area contributed by atoms with Crippen molar-refractivity contribution >= 4 is 11.9 Å². The number of alkyl halides is 2. The Kier molecular flexibility index (Phi) is 5.65. The molecule has 0 unspecified atom stereocenters. The average molecular weight is 326 g/mol. The smallest absolute Gasteiger partial charge is 0.335 e. The van der Waals surface area contributed by atoms with Gasteiger partial charge in [0.2, 0.25) is 0 Å². The topological polar surface area (TPSA) is 69.6 Å². The Hall–Kier alpha value is -2.02. The highest BCUT2D eigenvalue weighted by Crippen LogP contribution is 2.15. The number of carboxylic acids is 1. The number of aryl methyl sites for hydroxylation is 1. The minimum Gasteiger partial charge on any atom is -0.478 e. The van der Waals surface area contributed by atoms with Crippen molar-refractivity contribution in [2.75, 3.05) is 19.6 Å². The summed E-state index contributed by atoms with van der Waals surface area (Å²) in [5.41, 5.74) is 1.17. The summed E-state index contributed by atoms with van der Waals surface area (Å²) >= 11 is 0. The third kappa shape index (κ3) is 4.72. The second kappa shape index (κ2) is 7.50. The van der Waals surface area contributed by atoms with E-state index in [4.69, 9.17) is 5.11 Å². The molecule has 0 aliphatic carbocycles. The van der Waals surface area contributed by atoms with E-state index in [0.29, 0.717) is 37.1 Å². The van der Waals surface area contributed by atoms with Crippen molar-refractivity contribution in [2.45, 2.75) is 32.2 Å². The molecule has 0 saturated carbocycles. The SMILES string of the molecule is Cc1cc(C(=O)O)ccc1C(=O)NC1CCN(CC(F)F)CC1. The second-order valence-electron chi connectivity index (χ2n) is 5.77. The van der Waals surface area contributed by atoms with Crippen LogP contribution >= 0.6 is 0 Å². The highest BCUT2D eigenvalue weighted by Gasteiger charge is 2.23. The first kappa shape index (κ1) is 17.3. The van der Waals surface area contributed by atoms with Gasteiger partial charge in [0.05, 0.1) is 12.1 Å². The number of rotatable bonds is 5. The molecule has 1 aliphatic rings. The maximum absolute atomic E-state index is 12.3. The summed E-state index contributed by atoms with van der Waals surface area (Å²) in [4.78, 5) is 24.9. The predicted molar refractivity (Wildman–Crippen MR) is 81.1 cm³/mol. The van der Waals surface area contributed by atoms with Gasteiger partial charge in [-0.1, -0.05) is 0 Å². The van der Waals surface area contributed by atoms with Crippen LogP contribution in [0.3, 0.4) is 0 Å². The van der Waals surface area contributed by atoms with Gasteiger partial charge in [-0.05, 0) is 43.5 Å². The number of nitrogens with zero attached hydrogens (tertiary/aromatic N) is 1. The van der Waals surface area contributed by atoms with Crippen LogP contribution < -0.4 is 5.32 Å². The molecular weight excluding hydrogens is 306 g/mol. The van der Waals surface area contributed by atoms with Crippen LogP contribution in [-0.4, -0.2) is 54.0 Å². The highest BCUT2D eigenvalue weighted by molar-refractivity contribution is 5.97. The van der Waals surface area contributed by atoms with E-state index in [2.05, 4.69) is 5.32 Å². The molecule has 2 rings (SSSR count). The summed E-state index contributed by atoms with van der Waals surface area (Å²) in [5.74, 6) is -1.29. The lowest BCUT2D eigenvalue weighted by atomic mass is 10.0. The molecule has 0 aromatic heterocycles. The number of aromatic carboxylic acids is 1. The van der Waals surface area contributed by atoms with Crippen molar-refractivity contribution in [1.82, 2.24) is 10.2 Å². The monoisotopic (exact) mass is 326 g/mol. The third-order valence-electron chi connectivity index (χ3n) is 4.04. The summed E-state index contributed by atoms with van der Waals surface area (Å²) in [6, 6.07) is 4.31. The fourth-order valence-corrected chi connectivity index (χ4v) is 2.77. The Balaban J connectivity index is 1.92. The quantitative estimate of drug-likeness (QED) is 0.870. The lowest BCUT2D eigenvalue weighted by Crippen LogP contribution is -2.45.